The molecule has 21 heavy (non-hydrogen) atoms. The number of ether oxygens (including phenoxy) is 1. The molecular weight excluding hydrogens is 270 g/mol. The molecule has 1 saturated carbocycles. The first-order valence-corrected chi connectivity index (χ1v) is 7.83. The lowest BCUT2D eigenvalue weighted by Gasteiger charge is -2.29. The van der Waals surface area contributed by atoms with Crippen LogP contribution in [0.15, 0.2) is 0 Å². The molecule has 1 aliphatic carbocycles. The highest BCUT2D eigenvalue weighted by Crippen LogP contribution is 2.32. The van der Waals surface area contributed by atoms with Gasteiger partial charge in [-0.2, -0.15) is 0 Å². The molecule has 0 unspecified atom stereocenters. The zero-order valence-corrected chi connectivity index (χ0v) is 13.7. The van der Waals surface area contributed by atoms with Crippen LogP contribution in [0.5, 0.6) is 0 Å². The van der Waals surface area contributed by atoms with Crippen LogP contribution in [0.2, 0.25) is 0 Å². The van der Waals surface area contributed by atoms with Crippen LogP contribution in [0.1, 0.15) is 59.3 Å². The average molecular weight is 299 g/mol. The third-order valence-corrected chi connectivity index (χ3v) is 4.01. The van der Waals surface area contributed by atoms with E-state index in [1.165, 1.54) is 0 Å². The van der Waals surface area contributed by atoms with E-state index in [-0.39, 0.29) is 6.09 Å². The summed E-state index contributed by atoms with van der Waals surface area (Å²) in [5.74, 6) is 0.241. The van der Waals surface area contributed by atoms with Gasteiger partial charge in [0, 0.05) is 20.0 Å². The number of hydrogen-bond acceptors (Lipinski definition) is 3. The topological polar surface area (TPSA) is 66.8 Å². The van der Waals surface area contributed by atoms with Gasteiger partial charge in [0.2, 0.25) is 0 Å². The minimum absolute atomic E-state index is 0.276. The second kappa shape index (κ2) is 7.66. The fraction of sp³-hybridized carbons (Fsp3) is 0.875. The van der Waals surface area contributed by atoms with E-state index in [2.05, 4.69) is 0 Å². The highest BCUT2D eigenvalue weighted by Gasteiger charge is 2.24. The molecule has 0 heterocycles. The third kappa shape index (κ3) is 7.34. The van der Waals surface area contributed by atoms with Crippen molar-refractivity contribution in [2.45, 2.75) is 64.9 Å². The van der Waals surface area contributed by atoms with Crippen LogP contribution in [-0.4, -0.2) is 41.3 Å². The van der Waals surface area contributed by atoms with Gasteiger partial charge in [-0.15, -0.1) is 0 Å². The van der Waals surface area contributed by atoms with E-state index >= 15 is 0 Å². The summed E-state index contributed by atoms with van der Waals surface area (Å²) in [6.07, 6.45) is 5.11. The van der Waals surface area contributed by atoms with Crippen molar-refractivity contribution in [2.24, 2.45) is 11.8 Å². The smallest absolute Gasteiger partial charge is 0.410 e. The Morgan fingerprint density at radius 1 is 1.14 bits per heavy atom. The summed E-state index contributed by atoms with van der Waals surface area (Å²) in [4.78, 5) is 24.2. The summed E-state index contributed by atoms with van der Waals surface area (Å²) in [6, 6.07) is 0. The monoisotopic (exact) mass is 299 g/mol. The largest absolute Gasteiger partial charge is 0.481 e. The van der Waals surface area contributed by atoms with E-state index in [1.54, 1.807) is 11.9 Å². The second-order valence-electron chi connectivity index (χ2n) is 7.18. The van der Waals surface area contributed by atoms with Crippen LogP contribution in [0.3, 0.4) is 0 Å². The molecule has 0 aromatic carbocycles. The molecule has 0 aromatic heterocycles. The first-order valence-electron chi connectivity index (χ1n) is 7.83. The molecule has 0 aromatic rings. The van der Waals surface area contributed by atoms with E-state index in [0.717, 1.165) is 32.1 Å². The molecule has 1 fully saturated rings. The van der Waals surface area contributed by atoms with Crippen LogP contribution < -0.4 is 0 Å². The number of hydrogen-bond donors (Lipinski definition) is 1. The van der Waals surface area contributed by atoms with Crippen molar-refractivity contribution in [3.63, 3.8) is 0 Å². The Bertz CT molecular complexity index is 354. The van der Waals surface area contributed by atoms with E-state index in [1.807, 2.05) is 20.8 Å². The summed E-state index contributed by atoms with van der Waals surface area (Å²) in [5, 5.41) is 8.80. The Balaban J connectivity index is 2.24. The van der Waals surface area contributed by atoms with Gasteiger partial charge in [-0.25, -0.2) is 4.79 Å². The zero-order chi connectivity index (χ0) is 16.0. The maximum Gasteiger partial charge on any atom is 0.410 e. The van der Waals surface area contributed by atoms with Crippen LogP contribution >= 0.6 is 0 Å². The third-order valence-electron chi connectivity index (χ3n) is 4.01. The Labute approximate surface area is 127 Å². The minimum Gasteiger partial charge on any atom is -0.481 e. The standard InChI is InChI=1S/C16H29NO4/c1-16(2,3)21-15(20)17(4)10-9-12-5-7-13(8-6-12)11-14(18)19/h12-13H,5-11H2,1-4H3,(H,18,19). The van der Waals surface area contributed by atoms with E-state index in [0.29, 0.717) is 24.8 Å². The van der Waals surface area contributed by atoms with Gasteiger partial charge in [0.05, 0.1) is 0 Å². The van der Waals surface area contributed by atoms with Crippen molar-refractivity contribution < 1.29 is 19.4 Å². The number of carbonyl (C=O) groups excluding carboxylic acids is 1. The predicted molar refractivity (Wildman–Crippen MR) is 81.2 cm³/mol. The molecule has 1 aliphatic rings. The number of amides is 1. The molecular formula is C16H29NO4. The van der Waals surface area contributed by atoms with E-state index < -0.39 is 11.6 Å². The van der Waals surface area contributed by atoms with Gasteiger partial charge in [-0.1, -0.05) is 12.8 Å². The summed E-state index contributed by atoms with van der Waals surface area (Å²) >= 11 is 0. The number of rotatable bonds is 5. The van der Waals surface area contributed by atoms with Crippen molar-refractivity contribution in [1.82, 2.24) is 4.90 Å². The molecule has 0 saturated heterocycles. The Morgan fingerprint density at radius 3 is 2.14 bits per heavy atom. The lowest BCUT2D eigenvalue weighted by molar-refractivity contribution is -0.138. The highest BCUT2D eigenvalue weighted by molar-refractivity contribution is 5.67. The zero-order valence-electron chi connectivity index (χ0n) is 13.7. The van der Waals surface area contributed by atoms with Gasteiger partial charge in [-0.05, 0) is 51.9 Å². The first-order chi connectivity index (χ1) is 9.67. The summed E-state index contributed by atoms with van der Waals surface area (Å²) < 4.78 is 5.32. The maximum absolute atomic E-state index is 11.8. The fourth-order valence-electron chi connectivity index (χ4n) is 2.78. The SMILES string of the molecule is CN(CCC1CCC(CC(=O)O)CC1)C(=O)OC(C)(C)C. The molecule has 1 amide bonds. The van der Waals surface area contributed by atoms with Gasteiger partial charge in [-0.3, -0.25) is 4.79 Å². The summed E-state index contributed by atoms with van der Waals surface area (Å²) in [7, 11) is 1.77. The molecule has 0 radical (unpaired) electrons. The van der Waals surface area contributed by atoms with Crippen LogP contribution in [-0.2, 0) is 9.53 Å². The molecule has 0 bridgehead atoms. The second-order valence-corrected chi connectivity index (χ2v) is 7.18. The maximum atomic E-state index is 11.8. The first kappa shape index (κ1) is 17.8. The van der Waals surface area contributed by atoms with Crippen molar-refractivity contribution in [1.29, 1.82) is 0 Å². The normalized spacial score (nSPS) is 22.7. The average Bonchev–Trinajstić information content (AvgIpc) is 2.34. The minimum atomic E-state index is -0.692. The quantitative estimate of drug-likeness (QED) is 0.843. The van der Waals surface area contributed by atoms with Gasteiger partial charge in [0.25, 0.3) is 0 Å². The van der Waals surface area contributed by atoms with Crippen molar-refractivity contribution in [2.75, 3.05) is 13.6 Å². The van der Waals surface area contributed by atoms with Crippen molar-refractivity contribution >= 4 is 12.1 Å². The molecule has 5 nitrogen and oxygen atoms in total. The summed E-state index contributed by atoms with van der Waals surface area (Å²) in [5.41, 5.74) is -0.458. The van der Waals surface area contributed by atoms with E-state index in [4.69, 9.17) is 9.84 Å². The van der Waals surface area contributed by atoms with E-state index in [9.17, 15) is 9.59 Å². The molecule has 0 aliphatic heterocycles. The highest BCUT2D eigenvalue weighted by atomic mass is 16.6. The number of carbonyl (C=O) groups is 2. The van der Waals surface area contributed by atoms with Gasteiger partial charge < -0.3 is 14.7 Å². The molecule has 1 rings (SSSR count). The Hall–Kier alpha value is -1.26. The Kier molecular flexibility index (Phi) is 6.49. The molecule has 0 atom stereocenters. The van der Waals surface area contributed by atoms with Crippen LogP contribution in [0.25, 0.3) is 0 Å². The van der Waals surface area contributed by atoms with Gasteiger partial charge >= 0.3 is 12.1 Å². The molecule has 1 N–H and O–H groups in total. The van der Waals surface area contributed by atoms with Crippen LogP contribution in [0.4, 0.5) is 4.79 Å². The number of aliphatic carboxylic acids is 1. The molecule has 0 spiro atoms. The molecule has 5 heteroatoms. The fourth-order valence-corrected chi connectivity index (χ4v) is 2.78. The summed E-state index contributed by atoms with van der Waals surface area (Å²) in [6.45, 7) is 6.29. The number of carboxylic acid groups (broad SMARTS) is 1. The Morgan fingerprint density at radius 2 is 1.67 bits per heavy atom. The number of nitrogens with zero attached hydrogens (tertiary/aromatic N) is 1. The van der Waals surface area contributed by atoms with Gasteiger partial charge in [0.1, 0.15) is 5.60 Å². The predicted octanol–water partition coefficient (Wildman–Crippen LogP) is 3.52. The molecule has 122 valence electrons. The number of carboxylic acids is 1. The van der Waals surface area contributed by atoms with Gasteiger partial charge in [0.15, 0.2) is 0 Å². The lowest BCUT2D eigenvalue weighted by Crippen LogP contribution is -2.35. The van der Waals surface area contributed by atoms with Crippen molar-refractivity contribution in [3.05, 3.63) is 0 Å². The van der Waals surface area contributed by atoms with Crippen molar-refractivity contribution in [3.8, 4) is 0 Å². The van der Waals surface area contributed by atoms with Crippen LogP contribution in [0, 0.1) is 11.8 Å². The lowest BCUT2D eigenvalue weighted by atomic mass is 9.79.